The third-order valence-corrected chi connectivity index (χ3v) is 2.45. The van der Waals surface area contributed by atoms with Gasteiger partial charge < -0.3 is 9.47 Å². The van der Waals surface area contributed by atoms with E-state index in [1.54, 1.807) is 0 Å². The van der Waals surface area contributed by atoms with Crippen molar-refractivity contribution in [1.29, 1.82) is 0 Å². The van der Waals surface area contributed by atoms with E-state index >= 15 is 0 Å². The van der Waals surface area contributed by atoms with E-state index in [1.807, 2.05) is 12.1 Å². The van der Waals surface area contributed by atoms with Crippen LogP contribution in [0.5, 0.6) is 11.5 Å². The number of ether oxygens (including phenoxy) is 2. The van der Waals surface area contributed by atoms with Crippen molar-refractivity contribution in [1.82, 2.24) is 0 Å². The normalized spacial score (nSPS) is 17.7. The molecule has 0 spiro atoms. The van der Waals surface area contributed by atoms with Crippen LogP contribution in [0.25, 0.3) is 0 Å². The molecule has 3 heteroatoms. The van der Waals surface area contributed by atoms with E-state index in [0.717, 1.165) is 17.7 Å². The Hall–Kier alpha value is -1.51. The first-order valence-electron chi connectivity index (χ1n) is 4.30. The minimum absolute atomic E-state index is 0.0738. The maximum atomic E-state index is 11.3. The lowest BCUT2D eigenvalue weighted by molar-refractivity contribution is 0.0961. The summed E-state index contributed by atoms with van der Waals surface area (Å²) in [5.74, 6) is 1.61. The van der Waals surface area contributed by atoms with Gasteiger partial charge in [-0.05, 0) is 11.6 Å². The van der Waals surface area contributed by atoms with Crippen LogP contribution in [0.15, 0.2) is 12.1 Å². The summed E-state index contributed by atoms with van der Waals surface area (Å²) in [4.78, 5) is 11.3. The first-order chi connectivity index (χ1) is 6.34. The highest BCUT2D eigenvalue weighted by Gasteiger charge is 2.25. The van der Waals surface area contributed by atoms with E-state index < -0.39 is 0 Å². The average Bonchev–Trinajstić information content (AvgIpc) is 2.70. The van der Waals surface area contributed by atoms with E-state index in [2.05, 4.69) is 0 Å². The van der Waals surface area contributed by atoms with Crippen molar-refractivity contribution >= 4 is 5.78 Å². The number of Topliss-reactive ketones (excluding diaryl/α,β-unsaturated/α-hetero) is 1. The van der Waals surface area contributed by atoms with Gasteiger partial charge in [0.1, 0.15) is 11.5 Å². The molecule has 0 fully saturated rings. The van der Waals surface area contributed by atoms with Gasteiger partial charge >= 0.3 is 0 Å². The molecular formula is C10H8O3. The maximum absolute atomic E-state index is 11.3. The SMILES string of the molecule is O=C1COc2cc3c(cc21)CCO3. The van der Waals surface area contributed by atoms with Gasteiger partial charge in [0.05, 0.1) is 12.2 Å². The van der Waals surface area contributed by atoms with E-state index in [-0.39, 0.29) is 12.4 Å². The second-order valence-corrected chi connectivity index (χ2v) is 3.27. The van der Waals surface area contributed by atoms with Crippen LogP contribution in [0, 0.1) is 0 Å². The largest absolute Gasteiger partial charge is 0.493 e. The topological polar surface area (TPSA) is 35.5 Å². The maximum Gasteiger partial charge on any atom is 0.203 e. The molecule has 0 N–H and O–H groups in total. The summed E-state index contributed by atoms with van der Waals surface area (Å²) in [6.45, 7) is 0.893. The Morgan fingerprint density at radius 3 is 3.00 bits per heavy atom. The van der Waals surface area contributed by atoms with Gasteiger partial charge in [0, 0.05) is 12.5 Å². The minimum Gasteiger partial charge on any atom is -0.493 e. The molecule has 0 saturated heterocycles. The lowest BCUT2D eigenvalue weighted by Gasteiger charge is -2.01. The zero-order valence-electron chi connectivity index (χ0n) is 7.00. The number of fused-ring (bicyclic) bond motifs is 2. The Labute approximate surface area is 75.3 Å². The molecule has 2 aliphatic heterocycles. The lowest BCUT2D eigenvalue weighted by Crippen LogP contribution is -1.99. The van der Waals surface area contributed by atoms with E-state index in [4.69, 9.17) is 9.47 Å². The molecule has 0 aliphatic carbocycles. The summed E-state index contributed by atoms with van der Waals surface area (Å²) < 4.78 is 10.6. The molecule has 1 aromatic rings. The molecule has 3 rings (SSSR count). The first-order valence-corrected chi connectivity index (χ1v) is 4.30. The zero-order valence-corrected chi connectivity index (χ0v) is 7.00. The number of hydrogen-bond donors (Lipinski definition) is 0. The molecule has 0 saturated carbocycles. The van der Waals surface area contributed by atoms with Crippen LogP contribution in [0.3, 0.4) is 0 Å². The van der Waals surface area contributed by atoms with Crippen LogP contribution in [0.2, 0.25) is 0 Å². The third kappa shape index (κ3) is 0.869. The smallest absolute Gasteiger partial charge is 0.203 e. The van der Waals surface area contributed by atoms with Gasteiger partial charge in [-0.3, -0.25) is 4.79 Å². The number of benzene rings is 1. The van der Waals surface area contributed by atoms with Gasteiger partial charge in [-0.15, -0.1) is 0 Å². The highest BCUT2D eigenvalue weighted by Crippen LogP contribution is 2.35. The van der Waals surface area contributed by atoms with Crippen molar-refractivity contribution in [3.8, 4) is 11.5 Å². The van der Waals surface area contributed by atoms with E-state index in [1.165, 1.54) is 0 Å². The molecule has 0 bridgehead atoms. The molecule has 66 valence electrons. The third-order valence-electron chi connectivity index (χ3n) is 2.45. The van der Waals surface area contributed by atoms with Gasteiger partial charge in [-0.2, -0.15) is 0 Å². The molecule has 1 aromatic carbocycles. The average molecular weight is 176 g/mol. The second kappa shape index (κ2) is 2.25. The van der Waals surface area contributed by atoms with Gasteiger partial charge in [0.25, 0.3) is 0 Å². The highest BCUT2D eigenvalue weighted by atomic mass is 16.5. The molecule has 0 radical (unpaired) electrons. The fourth-order valence-corrected chi connectivity index (χ4v) is 1.77. The minimum atomic E-state index is 0.0738. The van der Waals surface area contributed by atoms with Gasteiger partial charge in [-0.1, -0.05) is 0 Å². The predicted molar refractivity (Wildman–Crippen MR) is 45.5 cm³/mol. The molecule has 2 aliphatic rings. The van der Waals surface area contributed by atoms with Crippen molar-refractivity contribution in [3.63, 3.8) is 0 Å². The molecule has 0 amide bonds. The summed E-state index contributed by atoms with van der Waals surface area (Å²) in [5.41, 5.74) is 1.84. The Morgan fingerprint density at radius 1 is 1.15 bits per heavy atom. The molecule has 2 heterocycles. The van der Waals surface area contributed by atoms with Crippen LogP contribution in [-0.2, 0) is 6.42 Å². The van der Waals surface area contributed by atoms with Crippen molar-refractivity contribution < 1.29 is 14.3 Å². The van der Waals surface area contributed by atoms with Crippen LogP contribution >= 0.6 is 0 Å². The van der Waals surface area contributed by atoms with E-state index in [9.17, 15) is 4.79 Å². The quantitative estimate of drug-likeness (QED) is 0.595. The lowest BCUT2D eigenvalue weighted by atomic mass is 10.1. The highest BCUT2D eigenvalue weighted by molar-refractivity contribution is 6.02. The van der Waals surface area contributed by atoms with Gasteiger partial charge in [0.15, 0.2) is 6.61 Å². The first kappa shape index (κ1) is 6.95. The van der Waals surface area contributed by atoms with Gasteiger partial charge in [-0.25, -0.2) is 0 Å². The molecule has 0 unspecified atom stereocenters. The summed E-state index contributed by atoms with van der Waals surface area (Å²) in [6.07, 6.45) is 0.899. The monoisotopic (exact) mass is 176 g/mol. The van der Waals surface area contributed by atoms with Crippen LogP contribution < -0.4 is 9.47 Å². The van der Waals surface area contributed by atoms with Crippen molar-refractivity contribution in [2.24, 2.45) is 0 Å². The number of hydrogen-bond acceptors (Lipinski definition) is 3. The number of carbonyl (C=O) groups excluding carboxylic acids is 1. The summed E-state index contributed by atoms with van der Waals surface area (Å²) in [6, 6.07) is 3.72. The predicted octanol–water partition coefficient (Wildman–Crippen LogP) is 1.20. The number of carbonyl (C=O) groups is 1. The van der Waals surface area contributed by atoms with Crippen LogP contribution in [0.4, 0.5) is 0 Å². The standard InChI is InChI=1S/C10H8O3/c11-8-5-13-10-4-9-6(1-2-12-9)3-7(8)10/h3-4H,1-2,5H2. The fourth-order valence-electron chi connectivity index (χ4n) is 1.77. The van der Waals surface area contributed by atoms with Crippen LogP contribution in [-0.4, -0.2) is 19.0 Å². The fraction of sp³-hybridized carbons (Fsp3) is 0.300. The molecule has 13 heavy (non-hydrogen) atoms. The van der Waals surface area contributed by atoms with Crippen molar-refractivity contribution in [2.45, 2.75) is 6.42 Å². The zero-order chi connectivity index (χ0) is 8.84. The Bertz CT molecular complexity index is 395. The summed E-state index contributed by atoms with van der Waals surface area (Å²) in [5, 5.41) is 0. The van der Waals surface area contributed by atoms with Crippen LogP contribution in [0.1, 0.15) is 15.9 Å². The second-order valence-electron chi connectivity index (χ2n) is 3.27. The Balaban J connectivity index is 2.22. The Morgan fingerprint density at radius 2 is 2.08 bits per heavy atom. The molecular weight excluding hydrogens is 168 g/mol. The summed E-state index contributed by atoms with van der Waals surface area (Å²) in [7, 11) is 0. The number of rotatable bonds is 0. The molecule has 0 aromatic heterocycles. The Kier molecular flexibility index (Phi) is 1.20. The number of ketones is 1. The summed E-state index contributed by atoms with van der Waals surface area (Å²) >= 11 is 0. The van der Waals surface area contributed by atoms with Crippen molar-refractivity contribution in [3.05, 3.63) is 23.3 Å². The van der Waals surface area contributed by atoms with Gasteiger partial charge in [0.2, 0.25) is 5.78 Å². The molecule has 3 nitrogen and oxygen atoms in total. The molecule has 0 atom stereocenters. The van der Waals surface area contributed by atoms with E-state index in [0.29, 0.717) is 17.9 Å². The van der Waals surface area contributed by atoms with Crippen molar-refractivity contribution in [2.75, 3.05) is 13.2 Å².